The molecule has 4 aromatic carbocycles. The molecule has 0 saturated carbocycles. The molecule has 182 valence electrons. The number of anilines is 2. The van der Waals surface area contributed by atoms with Crippen molar-refractivity contribution in [1.82, 2.24) is 15.0 Å². The molecule has 5 aromatic rings. The molecule has 0 N–H and O–H groups in total. The molecule has 7 rings (SSSR count). The minimum atomic E-state index is 0.0621. The van der Waals surface area contributed by atoms with Crippen molar-refractivity contribution in [3.05, 3.63) is 144 Å². The number of hydrogen-bond donors (Lipinski definition) is 0. The third-order valence-corrected chi connectivity index (χ3v) is 7.41. The fraction of sp³-hybridized carbons (Fsp3) is 0.0606. The molecule has 1 aromatic heterocycles. The zero-order valence-corrected chi connectivity index (χ0v) is 21.2. The van der Waals surface area contributed by atoms with Gasteiger partial charge in [-0.15, -0.1) is 0 Å². The second-order valence-electron chi connectivity index (χ2n) is 9.43. The monoisotopic (exact) mass is 510 g/mol. The molecule has 0 spiro atoms. The third-order valence-electron chi connectivity index (χ3n) is 7.24. The first-order valence-electron chi connectivity index (χ1n) is 12.7. The Hall–Kier alpha value is -4.54. The largest absolute Gasteiger partial charge is 0.333 e. The van der Waals surface area contributed by atoms with Gasteiger partial charge in [-0.1, -0.05) is 109 Å². The summed E-state index contributed by atoms with van der Waals surface area (Å²) < 4.78 is 0. The molecule has 0 saturated heterocycles. The molecule has 4 nitrogen and oxygen atoms in total. The maximum atomic E-state index is 6.43. The molecule has 2 atom stereocenters. The van der Waals surface area contributed by atoms with Crippen molar-refractivity contribution in [2.75, 3.05) is 4.90 Å². The summed E-state index contributed by atoms with van der Waals surface area (Å²) in [7, 11) is 0. The first kappa shape index (κ1) is 22.6. The zero-order valence-electron chi connectivity index (χ0n) is 20.4. The van der Waals surface area contributed by atoms with Crippen LogP contribution in [-0.2, 0) is 0 Å². The van der Waals surface area contributed by atoms with E-state index in [2.05, 4.69) is 106 Å². The molecule has 1 aliphatic heterocycles. The predicted molar refractivity (Wildman–Crippen MR) is 154 cm³/mol. The van der Waals surface area contributed by atoms with Gasteiger partial charge in [-0.2, -0.15) is 9.97 Å². The van der Waals surface area contributed by atoms with Gasteiger partial charge >= 0.3 is 0 Å². The Morgan fingerprint density at radius 3 is 2.00 bits per heavy atom. The van der Waals surface area contributed by atoms with Crippen LogP contribution in [0.5, 0.6) is 0 Å². The Labute approximate surface area is 226 Å². The lowest BCUT2D eigenvalue weighted by Crippen LogP contribution is -2.30. The van der Waals surface area contributed by atoms with E-state index in [1.165, 1.54) is 22.4 Å². The number of nitrogens with zero attached hydrogens (tertiary/aromatic N) is 4. The van der Waals surface area contributed by atoms with Gasteiger partial charge in [-0.3, -0.25) is 0 Å². The number of hydrogen-bond acceptors (Lipinski definition) is 4. The van der Waals surface area contributed by atoms with Crippen LogP contribution in [0.4, 0.5) is 11.4 Å². The van der Waals surface area contributed by atoms with Crippen molar-refractivity contribution >= 4 is 28.5 Å². The molecule has 0 amide bonds. The fourth-order valence-electron chi connectivity index (χ4n) is 5.55. The smallest absolute Gasteiger partial charge is 0.226 e. The lowest BCUT2D eigenvalue weighted by atomic mass is 9.83. The van der Waals surface area contributed by atoms with Crippen molar-refractivity contribution in [2.24, 2.45) is 0 Å². The van der Waals surface area contributed by atoms with Crippen LogP contribution in [-0.4, -0.2) is 21.0 Å². The molecule has 38 heavy (non-hydrogen) atoms. The molecule has 2 unspecified atom stereocenters. The van der Waals surface area contributed by atoms with Gasteiger partial charge in [0.15, 0.2) is 11.6 Å². The maximum absolute atomic E-state index is 6.43. The van der Waals surface area contributed by atoms with Gasteiger partial charge in [0.1, 0.15) is 0 Å². The highest BCUT2D eigenvalue weighted by Gasteiger charge is 2.42. The van der Waals surface area contributed by atoms with Crippen molar-refractivity contribution in [3.63, 3.8) is 0 Å². The van der Waals surface area contributed by atoms with Gasteiger partial charge in [0.05, 0.1) is 6.04 Å². The molecule has 5 heteroatoms. The Morgan fingerprint density at radius 1 is 0.605 bits per heavy atom. The molecule has 2 aliphatic rings. The summed E-state index contributed by atoms with van der Waals surface area (Å²) in [4.78, 5) is 16.3. The van der Waals surface area contributed by atoms with E-state index in [-0.39, 0.29) is 17.2 Å². The number of para-hydroxylation sites is 1. The van der Waals surface area contributed by atoms with Gasteiger partial charge in [-0.25, -0.2) is 4.98 Å². The van der Waals surface area contributed by atoms with Gasteiger partial charge in [0.25, 0.3) is 0 Å². The van der Waals surface area contributed by atoms with Crippen LogP contribution in [0, 0.1) is 0 Å². The van der Waals surface area contributed by atoms with E-state index in [0.29, 0.717) is 11.6 Å². The number of benzene rings is 4. The van der Waals surface area contributed by atoms with Crippen molar-refractivity contribution < 1.29 is 0 Å². The van der Waals surface area contributed by atoms with E-state index in [0.717, 1.165) is 16.8 Å². The number of rotatable bonds is 4. The van der Waals surface area contributed by atoms with E-state index >= 15 is 0 Å². The van der Waals surface area contributed by atoms with Gasteiger partial charge < -0.3 is 4.90 Å². The van der Waals surface area contributed by atoms with E-state index in [9.17, 15) is 0 Å². The summed E-state index contributed by atoms with van der Waals surface area (Å²) in [6, 6.07) is 37.9. The standard InChI is InChI=1S/C33H23ClN4/c34-33-36-31(24-12-5-2-6-13-24)35-32(37-33)27-15-9-17-29-30(27)26-14-7-8-16-28(26)38(29)25-20-18-23(19-21-25)22-10-3-1-4-11-22/h1-21,29-30H. The molecule has 0 radical (unpaired) electrons. The molecular weight excluding hydrogens is 488 g/mol. The Bertz CT molecular complexity index is 1680. The van der Waals surface area contributed by atoms with Gasteiger partial charge in [-0.05, 0) is 46.5 Å². The molecule has 2 heterocycles. The molecule has 0 bridgehead atoms. The highest BCUT2D eigenvalue weighted by molar-refractivity contribution is 6.28. The normalized spacial score (nSPS) is 17.6. The van der Waals surface area contributed by atoms with Crippen molar-refractivity contribution in [3.8, 4) is 22.5 Å². The Balaban J connectivity index is 1.30. The minimum absolute atomic E-state index is 0.0621. The number of aromatic nitrogens is 3. The molecule has 0 fully saturated rings. The number of allylic oxidation sites excluding steroid dienone is 2. The first-order chi connectivity index (χ1) is 18.8. The summed E-state index contributed by atoms with van der Waals surface area (Å²) in [5, 5.41) is 0.195. The minimum Gasteiger partial charge on any atom is -0.333 e. The van der Waals surface area contributed by atoms with Gasteiger partial charge in [0, 0.05) is 28.4 Å². The van der Waals surface area contributed by atoms with E-state index in [1.54, 1.807) is 0 Å². The maximum Gasteiger partial charge on any atom is 0.226 e. The summed E-state index contributed by atoms with van der Waals surface area (Å²) in [6.45, 7) is 0. The third kappa shape index (κ3) is 3.90. The van der Waals surface area contributed by atoms with Crippen molar-refractivity contribution in [2.45, 2.75) is 12.0 Å². The SMILES string of the molecule is Clc1nc(C2=CC=CC3C2c2ccccc2N3c2ccc(-c3ccccc3)cc2)nc(-c2ccccc2)n1. The zero-order chi connectivity index (χ0) is 25.5. The summed E-state index contributed by atoms with van der Waals surface area (Å²) in [5.41, 5.74) is 7.94. The van der Waals surface area contributed by atoms with Crippen LogP contribution >= 0.6 is 11.6 Å². The lowest BCUT2D eigenvalue weighted by molar-refractivity contribution is 0.751. The number of fused-ring (bicyclic) bond motifs is 3. The van der Waals surface area contributed by atoms with Crippen LogP contribution in [0.3, 0.4) is 0 Å². The Morgan fingerprint density at radius 2 is 1.24 bits per heavy atom. The highest BCUT2D eigenvalue weighted by Crippen LogP contribution is 2.52. The quantitative estimate of drug-likeness (QED) is 0.245. The van der Waals surface area contributed by atoms with Crippen LogP contribution < -0.4 is 4.90 Å². The average molecular weight is 511 g/mol. The topological polar surface area (TPSA) is 41.9 Å². The highest BCUT2D eigenvalue weighted by atomic mass is 35.5. The van der Waals surface area contributed by atoms with Crippen LogP contribution in [0.25, 0.3) is 28.1 Å². The van der Waals surface area contributed by atoms with Crippen LogP contribution in [0.15, 0.2) is 127 Å². The van der Waals surface area contributed by atoms with Crippen LogP contribution in [0.2, 0.25) is 5.28 Å². The van der Waals surface area contributed by atoms with E-state index in [4.69, 9.17) is 16.6 Å². The predicted octanol–water partition coefficient (Wildman–Crippen LogP) is 8.12. The first-order valence-corrected chi connectivity index (χ1v) is 13.0. The average Bonchev–Trinajstić information content (AvgIpc) is 3.32. The van der Waals surface area contributed by atoms with E-state index in [1.807, 2.05) is 36.4 Å². The van der Waals surface area contributed by atoms with Crippen LogP contribution in [0.1, 0.15) is 17.3 Å². The van der Waals surface area contributed by atoms with E-state index < -0.39 is 0 Å². The number of halogens is 1. The fourth-order valence-corrected chi connectivity index (χ4v) is 5.71. The second-order valence-corrected chi connectivity index (χ2v) is 9.77. The second kappa shape index (κ2) is 9.40. The summed E-state index contributed by atoms with van der Waals surface area (Å²) in [6.07, 6.45) is 6.48. The molecule has 1 aliphatic carbocycles. The lowest BCUT2D eigenvalue weighted by Gasteiger charge is -2.31. The molecular formula is C33H23ClN4. The van der Waals surface area contributed by atoms with Gasteiger partial charge in [0.2, 0.25) is 5.28 Å². The summed E-state index contributed by atoms with van der Waals surface area (Å²) in [5.74, 6) is 1.25. The van der Waals surface area contributed by atoms with Crippen molar-refractivity contribution in [1.29, 1.82) is 0 Å². The summed E-state index contributed by atoms with van der Waals surface area (Å²) >= 11 is 6.43. The Kier molecular flexibility index (Phi) is 5.60.